The summed E-state index contributed by atoms with van der Waals surface area (Å²) in [5.41, 5.74) is 2.09. The van der Waals surface area contributed by atoms with Gasteiger partial charge >= 0.3 is 0 Å². The van der Waals surface area contributed by atoms with Crippen LogP contribution in [0.25, 0.3) is 0 Å². The van der Waals surface area contributed by atoms with Crippen LogP contribution in [0.15, 0.2) is 41.3 Å². The van der Waals surface area contributed by atoms with E-state index < -0.39 is 0 Å². The fourth-order valence-electron chi connectivity index (χ4n) is 2.22. The van der Waals surface area contributed by atoms with Gasteiger partial charge in [-0.1, -0.05) is 19.9 Å². The molecule has 0 atom stereocenters. The van der Waals surface area contributed by atoms with Gasteiger partial charge in [-0.25, -0.2) is 0 Å². The van der Waals surface area contributed by atoms with E-state index in [2.05, 4.69) is 10.6 Å². The Balaban J connectivity index is 2.19. The Labute approximate surface area is 146 Å². The van der Waals surface area contributed by atoms with Gasteiger partial charge in [0.25, 0.3) is 11.8 Å². The highest BCUT2D eigenvalue weighted by molar-refractivity contribution is 6.05. The van der Waals surface area contributed by atoms with Crippen molar-refractivity contribution in [3.05, 3.63) is 63.6 Å². The SMILES string of the molecule is Cc1ccc(C(=O)NCC(C)C)cc1NC(=O)c1ccc(=O)n(C)c1. The molecule has 1 heterocycles. The van der Waals surface area contributed by atoms with Crippen molar-refractivity contribution < 1.29 is 9.59 Å². The zero-order valence-electron chi connectivity index (χ0n) is 14.9. The quantitative estimate of drug-likeness (QED) is 0.876. The van der Waals surface area contributed by atoms with Gasteiger partial charge in [-0.05, 0) is 36.6 Å². The van der Waals surface area contributed by atoms with E-state index in [1.54, 1.807) is 25.2 Å². The Morgan fingerprint density at radius 3 is 2.40 bits per heavy atom. The van der Waals surface area contributed by atoms with E-state index in [-0.39, 0.29) is 17.4 Å². The van der Waals surface area contributed by atoms with Crippen molar-refractivity contribution >= 4 is 17.5 Å². The van der Waals surface area contributed by atoms with Crippen molar-refractivity contribution in [1.29, 1.82) is 0 Å². The second-order valence-electron chi connectivity index (χ2n) is 6.45. The average molecular weight is 341 g/mol. The minimum absolute atomic E-state index is 0.175. The van der Waals surface area contributed by atoms with Crippen LogP contribution in [0.1, 0.15) is 40.1 Å². The topological polar surface area (TPSA) is 80.2 Å². The van der Waals surface area contributed by atoms with Crippen LogP contribution in [0, 0.1) is 12.8 Å². The maximum atomic E-state index is 12.4. The first kappa shape index (κ1) is 18.4. The van der Waals surface area contributed by atoms with Crippen LogP contribution in [0.3, 0.4) is 0 Å². The Morgan fingerprint density at radius 1 is 1.08 bits per heavy atom. The van der Waals surface area contributed by atoms with Crippen molar-refractivity contribution in [2.45, 2.75) is 20.8 Å². The molecule has 6 heteroatoms. The summed E-state index contributed by atoms with van der Waals surface area (Å²) in [4.78, 5) is 36.0. The molecular weight excluding hydrogens is 318 g/mol. The molecule has 0 aliphatic rings. The number of amides is 2. The van der Waals surface area contributed by atoms with Crippen LogP contribution >= 0.6 is 0 Å². The van der Waals surface area contributed by atoms with Gasteiger partial charge in [-0.3, -0.25) is 14.4 Å². The fourth-order valence-corrected chi connectivity index (χ4v) is 2.22. The number of nitrogens with one attached hydrogen (secondary N) is 2. The molecule has 2 amide bonds. The summed E-state index contributed by atoms with van der Waals surface area (Å²) >= 11 is 0. The van der Waals surface area contributed by atoms with E-state index in [1.165, 1.54) is 22.9 Å². The molecule has 0 unspecified atom stereocenters. The first-order valence-electron chi connectivity index (χ1n) is 8.15. The van der Waals surface area contributed by atoms with E-state index in [0.29, 0.717) is 29.3 Å². The zero-order chi connectivity index (χ0) is 18.6. The third kappa shape index (κ3) is 4.79. The number of pyridine rings is 1. The van der Waals surface area contributed by atoms with Crippen molar-refractivity contribution in [1.82, 2.24) is 9.88 Å². The largest absolute Gasteiger partial charge is 0.352 e. The third-order valence-corrected chi connectivity index (χ3v) is 3.77. The van der Waals surface area contributed by atoms with Crippen molar-refractivity contribution in [3.63, 3.8) is 0 Å². The van der Waals surface area contributed by atoms with Gasteiger partial charge in [0, 0.05) is 37.1 Å². The summed E-state index contributed by atoms with van der Waals surface area (Å²) in [7, 11) is 1.59. The minimum Gasteiger partial charge on any atom is -0.352 e. The first-order chi connectivity index (χ1) is 11.8. The van der Waals surface area contributed by atoms with Gasteiger partial charge in [-0.15, -0.1) is 0 Å². The molecule has 0 saturated carbocycles. The highest BCUT2D eigenvalue weighted by atomic mass is 16.2. The number of hydrogen-bond acceptors (Lipinski definition) is 3. The maximum absolute atomic E-state index is 12.4. The van der Waals surface area contributed by atoms with Gasteiger partial charge in [-0.2, -0.15) is 0 Å². The predicted octanol–water partition coefficient (Wildman–Crippen LogP) is 2.33. The standard InChI is InChI=1S/C19H23N3O3/c1-12(2)10-20-18(24)14-6-5-13(3)16(9-14)21-19(25)15-7-8-17(23)22(4)11-15/h5-9,11-12H,10H2,1-4H3,(H,20,24)(H,21,25). The molecule has 6 nitrogen and oxygen atoms in total. The first-order valence-corrected chi connectivity index (χ1v) is 8.15. The molecule has 0 fully saturated rings. The van der Waals surface area contributed by atoms with E-state index in [0.717, 1.165) is 5.56 Å². The number of carbonyl (C=O) groups is 2. The van der Waals surface area contributed by atoms with Crippen molar-refractivity contribution in [3.8, 4) is 0 Å². The van der Waals surface area contributed by atoms with Crippen LogP contribution in [0.5, 0.6) is 0 Å². The van der Waals surface area contributed by atoms with Crippen LogP contribution in [-0.2, 0) is 7.05 Å². The number of carbonyl (C=O) groups excluding carboxylic acids is 2. The summed E-state index contributed by atoms with van der Waals surface area (Å²) in [6.45, 7) is 6.49. The highest BCUT2D eigenvalue weighted by Gasteiger charge is 2.12. The molecule has 2 N–H and O–H groups in total. The molecule has 0 aliphatic carbocycles. The van der Waals surface area contributed by atoms with Gasteiger partial charge in [0.05, 0.1) is 5.56 Å². The van der Waals surface area contributed by atoms with Crippen LogP contribution in [0.2, 0.25) is 0 Å². The van der Waals surface area contributed by atoms with Gasteiger partial charge < -0.3 is 15.2 Å². The second-order valence-corrected chi connectivity index (χ2v) is 6.45. The fraction of sp³-hybridized carbons (Fsp3) is 0.316. The molecule has 0 aliphatic heterocycles. The number of rotatable bonds is 5. The molecule has 0 radical (unpaired) electrons. The lowest BCUT2D eigenvalue weighted by Crippen LogP contribution is -2.27. The normalized spacial score (nSPS) is 10.6. The minimum atomic E-state index is -0.335. The lowest BCUT2D eigenvalue weighted by atomic mass is 10.1. The second kappa shape index (κ2) is 7.79. The molecule has 2 aromatic rings. The maximum Gasteiger partial charge on any atom is 0.257 e. The molecule has 0 bridgehead atoms. The zero-order valence-corrected chi connectivity index (χ0v) is 14.9. The molecule has 2 rings (SSSR count). The average Bonchev–Trinajstić information content (AvgIpc) is 2.57. The van der Waals surface area contributed by atoms with Gasteiger partial charge in [0.2, 0.25) is 5.56 Å². The summed E-state index contributed by atoms with van der Waals surface area (Å²) in [5, 5.41) is 5.65. The number of benzene rings is 1. The Bertz CT molecular complexity index is 853. The molecule has 0 spiro atoms. The summed E-state index contributed by atoms with van der Waals surface area (Å²) < 4.78 is 1.34. The van der Waals surface area contributed by atoms with E-state index in [4.69, 9.17) is 0 Å². The Kier molecular flexibility index (Phi) is 5.75. The molecular formula is C19H23N3O3. The Hall–Kier alpha value is -2.89. The lowest BCUT2D eigenvalue weighted by molar-refractivity contribution is 0.0947. The molecule has 0 saturated heterocycles. The van der Waals surface area contributed by atoms with Crippen LogP contribution in [0.4, 0.5) is 5.69 Å². The number of aryl methyl sites for hydroxylation is 2. The smallest absolute Gasteiger partial charge is 0.257 e. The predicted molar refractivity (Wildman–Crippen MR) is 98.0 cm³/mol. The van der Waals surface area contributed by atoms with Crippen molar-refractivity contribution in [2.75, 3.05) is 11.9 Å². The number of nitrogens with zero attached hydrogens (tertiary/aromatic N) is 1. The van der Waals surface area contributed by atoms with Crippen LogP contribution < -0.4 is 16.2 Å². The van der Waals surface area contributed by atoms with E-state index in [9.17, 15) is 14.4 Å². The van der Waals surface area contributed by atoms with Crippen LogP contribution in [-0.4, -0.2) is 22.9 Å². The van der Waals surface area contributed by atoms with Crippen molar-refractivity contribution in [2.24, 2.45) is 13.0 Å². The summed E-state index contributed by atoms with van der Waals surface area (Å²) in [5.74, 6) is -0.150. The number of anilines is 1. The number of aromatic nitrogens is 1. The van der Waals surface area contributed by atoms with E-state index >= 15 is 0 Å². The Morgan fingerprint density at radius 2 is 1.76 bits per heavy atom. The molecule has 1 aromatic heterocycles. The lowest BCUT2D eigenvalue weighted by Gasteiger charge is -2.12. The monoisotopic (exact) mass is 341 g/mol. The molecule has 25 heavy (non-hydrogen) atoms. The van der Waals surface area contributed by atoms with Gasteiger partial charge in [0.15, 0.2) is 0 Å². The van der Waals surface area contributed by atoms with E-state index in [1.807, 2.05) is 20.8 Å². The number of hydrogen-bond donors (Lipinski definition) is 2. The highest BCUT2D eigenvalue weighted by Crippen LogP contribution is 2.18. The molecule has 132 valence electrons. The molecule has 1 aromatic carbocycles. The van der Waals surface area contributed by atoms with Gasteiger partial charge in [0.1, 0.15) is 0 Å². The summed E-state index contributed by atoms with van der Waals surface area (Å²) in [6, 6.07) is 8.00. The summed E-state index contributed by atoms with van der Waals surface area (Å²) in [6.07, 6.45) is 1.48. The third-order valence-electron chi connectivity index (χ3n) is 3.77.